The average Bonchev–Trinajstić information content (AvgIpc) is 3.70. The molecule has 0 radical (unpaired) electrons. The Bertz CT molecular complexity index is 2940. The van der Waals surface area contributed by atoms with Crippen molar-refractivity contribution in [3.63, 3.8) is 0 Å². The Morgan fingerprint density at radius 3 is 2.43 bits per heavy atom. The van der Waals surface area contributed by atoms with Crippen molar-refractivity contribution in [2.45, 2.75) is 83.8 Å². The summed E-state index contributed by atoms with van der Waals surface area (Å²) in [7, 11) is 4.08. The predicted octanol–water partition coefficient (Wildman–Crippen LogP) is 9.00. The quantitative estimate of drug-likeness (QED) is 0.0538. The van der Waals surface area contributed by atoms with Gasteiger partial charge in [0.05, 0.1) is 41.5 Å². The molecule has 0 spiro atoms. The van der Waals surface area contributed by atoms with Crippen LogP contribution in [0.5, 0.6) is 5.88 Å². The van der Waals surface area contributed by atoms with Crippen LogP contribution in [-0.2, 0) is 16.1 Å². The maximum atomic E-state index is 15.6. The number of aryl methyl sites for hydroxylation is 2. The molecule has 2 saturated heterocycles. The summed E-state index contributed by atoms with van der Waals surface area (Å²) < 4.78 is 31.0. The maximum absolute atomic E-state index is 15.6. The molecule has 348 valence electrons. The third-order valence-corrected chi connectivity index (χ3v) is 13.1. The number of anilines is 2. The van der Waals surface area contributed by atoms with Gasteiger partial charge in [-0.05, 0) is 139 Å². The second-order valence-corrected chi connectivity index (χ2v) is 18.4. The molecule has 1 N–H and O–H groups in total. The molecule has 0 aliphatic carbocycles. The number of hydrogen-bond donors (Lipinski definition) is 1. The summed E-state index contributed by atoms with van der Waals surface area (Å²) in [6, 6.07) is 19.3. The Kier molecular flexibility index (Phi) is 14.1. The number of thiocarbonyl (C=S) groups is 1. The first-order valence-corrected chi connectivity index (χ1v) is 23.3. The van der Waals surface area contributed by atoms with Crippen LogP contribution in [0.1, 0.15) is 80.8 Å². The molecule has 2 aliphatic heterocycles. The number of ether oxygens (including phenoxy) is 2. The van der Waals surface area contributed by atoms with Gasteiger partial charge in [0.25, 0.3) is 11.8 Å². The molecule has 67 heavy (non-hydrogen) atoms. The molecule has 0 saturated carbocycles. The molecule has 2 amide bonds. The lowest BCUT2D eigenvalue weighted by molar-refractivity contribution is -0.120. The number of hydrogen-bond acceptors (Lipinski definition) is 9. The van der Waals surface area contributed by atoms with Gasteiger partial charge in [-0.3, -0.25) is 28.6 Å². The fourth-order valence-corrected chi connectivity index (χ4v) is 9.57. The smallest absolute Gasteiger partial charge is 0.329 e. The molecular weight excluding hydrogens is 870 g/mol. The highest BCUT2D eigenvalue weighted by molar-refractivity contribution is 7.81. The molecule has 8 rings (SSSR count). The van der Waals surface area contributed by atoms with Crippen molar-refractivity contribution < 1.29 is 23.5 Å². The van der Waals surface area contributed by atoms with Crippen LogP contribution in [0.4, 0.5) is 21.5 Å². The van der Waals surface area contributed by atoms with Gasteiger partial charge < -0.3 is 24.6 Å². The van der Waals surface area contributed by atoms with Crippen LogP contribution in [0.15, 0.2) is 83.9 Å². The first-order valence-electron chi connectivity index (χ1n) is 22.9. The third kappa shape index (κ3) is 9.67. The minimum atomic E-state index is -1.14. The van der Waals surface area contributed by atoms with E-state index in [1.807, 2.05) is 59.9 Å². The molecule has 0 unspecified atom stereocenters. The minimum Gasteiger partial charge on any atom is -0.478 e. The molecule has 0 atom stereocenters. The number of carbonyl (C=O) groups excluding carboxylic acids is 2. The Morgan fingerprint density at radius 1 is 0.955 bits per heavy atom. The van der Waals surface area contributed by atoms with Crippen molar-refractivity contribution in [2.75, 3.05) is 56.8 Å². The van der Waals surface area contributed by atoms with Crippen molar-refractivity contribution in [3.05, 3.63) is 118 Å². The monoisotopic (exact) mass is 925 g/mol. The number of rotatable bonds is 17. The molecule has 16 heteroatoms. The summed E-state index contributed by atoms with van der Waals surface area (Å²) in [6.45, 7) is 16.2. The highest BCUT2D eigenvalue weighted by Crippen LogP contribution is 2.38. The number of imidazole rings is 1. The average molecular weight is 926 g/mol. The number of aromatic nitrogens is 4. The van der Waals surface area contributed by atoms with E-state index in [2.05, 4.69) is 26.1 Å². The van der Waals surface area contributed by atoms with Gasteiger partial charge in [-0.15, -0.1) is 0 Å². The predicted molar refractivity (Wildman–Crippen MR) is 264 cm³/mol. The summed E-state index contributed by atoms with van der Waals surface area (Å²) in [5.74, 6) is -0.982. The third-order valence-electron chi connectivity index (χ3n) is 12.7. The normalized spacial score (nSPS) is 15.3. The van der Waals surface area contributed by atoms with E-state index in [0.29, 0.717) is 67.8 Å². The SMILES string of the molecule is [C-]#[N+]c1ccc(N2C(=O)C(C)(C)N(c3ccc(C(=O)NCCCCCCn4c(=O)n(C5CCOCC5)c5c6cc(-c7ccc(OCCCN(C)C)nc7)ccc6ncc54)c(F)c3)C2=S)cc1C. The van der Waals surface area contributed by atoms with Gasteiger partial charge in [0.15, 0.2) is 10.8 Å². The molecule has 2 fully saturated rings. The highest BCUT2D eigenvalue weighted by atomic mass is 32.1. The van der Waals surface area contributed by atoms with Crippen LogP contribution in [0.25, 0.3) is 37.9 Å². The number of halogens is 1. The zero-order valence-corrected chi connectivity index (χ0v) is 39.5. The van der Waals surface area contributed by atoms with Crippen molar-refractivity contribution in [1.29, 1.82) is 0 Å². The zero-order valence-electron chi connectivity index (χ0n) is 38.7. The standard InChI is InChI=1S/C51H56FN9O5S/c1-33-28-37(15-18-42(33)53-4)60-48(63)51(2,3)61(50(60)67)38-14-16-39(41(52)30-38)47(62)54-22-9-7-8-10-24-58-44-32-55-43-17-12-34(35-13-19-45(56-31-35)66-25-11-23-57(5)6)29-40(43)46(44)59(49(58)64)36-20-26-65-27-21-36/h12-19,28-32,36H,7-11,20-27H2,1-3,5-6H3,(H,54,62). The second kappa shape index (κ2) is 20.1. The van der Waals surface area contributed by atoms with E-state index in [1.165, 1.54) is 17.0 Å². The molecule has 14 nitrogen and oxygen atoms in total. The van der Waals surface area contributed by atoms with Crippen LogP contribution in [0.3, 0.4) is 0 Å². The fraction of sp³-hybridized carbons (Fsp3) is 0.392. The van der Waals surface area contributed by atoms with Gasteiger partial charge in [-0.2, -0.15) is 0 Å². The van der Waals surface area contributed by atoms with Crippen molar-refractivity contribution >= 4 is 68.1 Å². The van der Waals surface area contributed by atoms with E-state index in [-0.39, 0.29) is 28.3 Å². The van der Waals surface area contributed by atoms with E-state index in [1.54, 1.807) is 49.9 Å². The minimum absolute atomic E-state index is 0.00108. The first-order chi connectivity index (χ1) is 32.3. The number of benzene rings is 3. The second-order valence-electron chi connectivity index (χ2n) is 18.0. The summed E-state index contributed by atoms with van der Waals surface area (Å²) in [5, 5.41) is 3.92. The summed E-state index contributed by atoms with van der Waals surface area (Å²) in [4.78, 5) is 59.2. The van der Waals surface area contributed by atoms with Gasteiger partial charge >= 0.3 is 5.69 Å². The van der Waals surface area contributed by atoms with Gasteiger partial charge in [-0.1, -0.05) is 25.0 Å². The van der Waals surface area contributed by atoms with Gasteiger partial charge in [0.2, 0.25) is 5.88 Å². The number of amides is 2. The number of nitrogens with one attached hydrogen (secondary N) is 1. The molecular formula is C51H56FN9O5S. The maximum Gasteiger partial charge on any atom is 0.329 e. The topological polar surface area (TPSA) is 131 Å². The van der Waals surface area contributed by atoms with E-state index in [0.717, 1.165) is 78.1 Å². The van der Waals surface area contributed by atoms with E-state index in [9.17, 15) is 14.4 Å². The lowest BCUT2D eigenvalue weighted by atomic mass is 10.0. The van der Waals surface area contributed by atoms with E-state index >= 15 is 4.39 Å². The van der Waals surface area contributed by atoms with Gasteiger partial charge in [0, 0.05) is 73.5 Å². The number of unbranched alkanes of at least 4 members (excludes halogenated alkanes) is 3. The molecule has 5 heterocycles. The van der Waals surface area contributed by atoms with Crippen LogP contribution in [0, 0.1) is 19.3 Å². The molecule has 3 aromatic heterocycles. The van der Waals surface area contributed by atoms with Crippen LogP contribution in [0.2, 0.25) is 0 Å². The van der Waals surface area contributed by atoms with Crippen molar-refractivity contribution in [3.8, 4) is 17.0 Å². The highest BCUT2D eigenvalue weighted by Gasteiger charge is 2.50. The summed E-state index contributed by atoms with van der Waals surface area (Å²) in [6.07, 6.45) is 9.04. The van der Waals surface area contributed by atoms with Crippen LogP contribution < -0.4 is 25.5 Å². The van der Waals surface area contributed by atoms with Gasteiger partial charge in [0.1, 0.15) is 11.4 Å². The summed E-state index contributed by atoms with van der Waals surface area (Å²) >= 11 is 5.76. The van der Waals surface area contributed by atoms with Crippen molar-refractivity contribution in [1.82, 2.24) is 29.3 Å². The first kappa shape index (κ1) is 47.0. The molecule has 6 aromatic rings. The number of carbonyl (C=O) groups is 2. The Labute approximate surface area is 395 Å². The molecule has 3 aromatic carbocycles. The fourth-order valence-electron chi connectivity index (χ4n) is 9.05. The Balaban J connectivity index is 0.895. The van der Waals surface area contributed by atoms with Gasteiger partial charge in [-0.25, -0.2) is 19.0 Å². The molecule has 0 bridgehead atoms. The zero-order chi connectivity index (χ0) is 47.4. The molecule has 2 aliphatic rings. The number of nitrogens with zero attached hydrogens (tertiary/aromatic N) is 8. The van der Waals surface area contributed by atoms with Crippen LogP contribution >= 0.6 is 12.2 Å². The van der Waals surface area contributed by atoms with Crippen LogP contribution in [-0.4, -0.2) is 93.5 Å². The van der Waals surface area contributed by atoms with E-state index < -0.39 is 17.3 Å². The lowest BCUT2D eigenvalue weighted by Crippen LogP contribution is -2.44. The largest absolute Gasteiger partial charge is 0.478 e. The number of pyridine rings is 2. The Morgan fingerprint density at radius 2 is 1.72 bits per heavy atom. The van der Waals surface area contributed by atoms with E-state index in [4.69, 9.17) is 33.2 Å². The van der Waals surface area contributed by atoms with Crippen molar-refractivity contribution in [2.24, 2.45) is 0 Å². The number of fused-ring (bicyclic) bond motifs is 3. The summed E-state index contributed by atoms with van der Waals surface area (Å²) in [5.41, 5.74) is 5.13. The Hall–Kier alpha value is -6.54. The lowest BCUT2D eigenvalue weighted by Gasteiger charge is -2.29.